The molecule has 0 aliphatic heterocycles. The van der Waals surface area contributed by atoms with Crippen LogP contribution < -0.4 is 14.8 Å². The lowest BCUT2D eigenvalue weighted by molar-refractivity contribution is -0.115. The third kappa shape index (κ3) is 6.21. The van der Waals surface area contributed by atoms with Crippen molar-refractivity contribution in [2.24, 2.45) is 0 Å². The molecule has 10 heteroatoms. The first-order chi connectivity index (χ1) is 16.9. The highest BCUT2D eigenvalue weighted by Gasteiger charge is 2.18. The third-order valence-electron chi connectivity index (χ3n) is 4.96. The third-order valence-corrected chi connectivity index (χ3v) is 8.23. The average Bonchev–Trinajstić information content (AvgIpc) is 3.33. The molecule has 1 aromatic heterocycles. The molecule has 0 fully saturated rings. The van der Waals surface area contributed by atoms with Gasteiger partial charge in [0.05, 0.1) is 22.9 Å². The number of nitrogens with zero attached hydrogens (tertiary/aromatic N) is 1. The number of carbonyl (C=O) groups is 1. The number of methoxy groups -OCH3 is 1. The summed E-state index contributed by atoms with van der Waals surface area (Å²) in [4.78, 5) is 18.3. The number of carbonyl (C=O) groups excluding carboxylic acids is 1. The van der Waals surface area contributed by atoms with E-state index in [1.807, 2.05) is 29.6 Å². The molecule has 35 heavy (non-hydrogen) atoms. The Morgan fingerprint density at radius 2 is 1.69 bits per heavy atom. The van der Waals surface area contributed by atoms with Crippen LogP contribution in [0, 0.1) is 0 Å². The van der Waals surface area contributed by atoms with Gasteiger partial charge in [-0.3, -0.25) is 9.52 Å². The van der Waals surface area contributed by atoms with Crippen LogP contribution in [0.25, 0.3) is 11.3 Å². The van der Waals surface area contributed by atoms with Crippen molar-refractivity contribution >= 4 is 49.8 Å². The Bertz CT molecular complexity index is 1410. The van der Waals surface area contributed by atoms with Crippen molar-refractivity contribution in [3.8, 4) is 17.0 Å². The first kappa shape index (κ1) is 24.8. The zero-order chi connectivity index (χ0) is 24.8. The molecule has 0 spiro atoms. The van der Waals surface area contributed by atoms with Crippen LogP contribution in [0.1, 0.15) is 6.92 Å². The van der Waals surface area contributed by atoms with Gasteiger partial charge in [-0.2, -0.15) is 0 Å². The number of sulfonamides is 1. The number of aromatic nitrogens is 1. The summed E-state index contributed by atoms with van der Waals surface area (Å²) in [7, 11) is -2.05. The quantitative estimate of drug-likeness (QED) is 0.271. The second kappa shape index (κ2) is 10.9. The minimum Gasteiger partial charge on any atom is -0.496 e. The normalized spacial score (nSPS) is 12.1. The van der Waals surface area contributed by atoms with E-state index in [-0.39, 0.29) is 16.1 Å². The van der Waals surface area contributed by atoms with Gasteiger partial charge < -0.3 is 10.1 Å². The van der Waals surface area contributed by atoms with Crippen LogP contribution in [0.3, 0.4) is 0 Å². The van der Waals surface area contributed by atoms with Crippen molar-refractivity contribution in [1.82, 2.24) is 4.98 Å². The van der Waals surface area contributed by atoms with E-state index in [2.05, 4.69) is 15.0 Å². The second-order valence-corrected chi connectivity index (χ2v) is 11.4. The summed E-state index contributed by atoms with van der Waals surface area (Å²) in [5.41, 5.74) is 2.04. The van der Waals surface area contributed by atoms with Gasteiger partial charge in [0, 0.05) is 21.5 Å². The minimum absolute atomic E-state index is 0.176. The zero-order valence-electron chi connectivity index (χ0n) is 19.0. The molecule has 0 bridgehead atoms. The van der Waals surface area contributed by atoms with E-state index in [4.69, 9.17) is 4.74 Å². The van der Waals surface area contributed by atoms with E-state index >= 15 is 0 Å². The minimum atomic E-state index is -3.65. The number of hydrogen-bond donors (Lipinski definition) is 2. The van der Waals surface area contributed by atoms with E-state index < -0.39 is 10.0 Å². The number of ether oxygens (including phenoxy) is 1. The molecule has 1 heterocycles. The Morgan fingerprint density at radius 3 is 2.40 bits per heavy atom. The van der Waals surface area contributed by atoms with Crippen LogP contribution in [0.4, 0.5) is 10.8 Å². The highest BCUT2D eigenvalue weighted by atomic mass is 32.2. The monoisotopic (exact) mass is 525 g/mol. The SMILES string of the molecule is COc1ccccc1-c1csc(NC(=O)C(C)Sc2ccc(NS(=O)(=O)c3ccccc3)cc2)n1. The summed E-state index contributed by atoms with van der Waals surface area (Å²) in [6, 6.07) is 22.7. The molecular formula is C25H23N3O4S3. The van der Waals surface area contributed by atoms with Crippen LogP contribution in [0.15, 0.2) is 94.0 Å². The number of para-hydroxylation sites is 1. The molecule has 1 amide bonds. The van der Waals surface area contributed by atoms with E-state index in [0.29, 0.717) is 16.6 Å². The molecule has 1 atom stereocenters. The number of benzene rings is 3. The largest absolute Gasteiger partial charge is 0.496 e. The van der Waals surface area contributed by atoms with Gasteiger partial charge in [-0.1, -0.05) is 30.3 Å². The number of nitrogens with one attached hydrogen (secondary N) is 2. The van der Waals surface area contributed by atoms with Gasteiger partial charge in [0.1, 0.15) is 5.75 Å². The molecule has 0 aliphatic rings. The van der Waals surface area contributed by atoms with Crippen LogP contribution in [-0.2, 0) is 14.8 Å². The summed E-state index contributed by atoms with van der Waals surface area (Å²) in [5.74, 6) is 0.541. The van der Waals surface area contributed by atoms with Gasteiger partial charge in [0.2, 0.25) is 5.91 Å². The fraction of sp³-hybridized carbons (Fsp3) is 0.120. The van der Waals surface area contributed by atoms with Crippen LogP contribution in [-0.4, -0.2) is 31.7 Å². The number of anilines is 2. The van der Waals surface area contributed by atoms with Gasteiger partial charge in [0.15, 0.2) is 5.13 Å². The number of hydrogen-bond acceptors (Lipinski definition) is 7. The molecule has 3 aromatic carbocycles. The predicted molar refractivity (Wildman–Crippen MR) is 142 cm³/mol. The second-order valence-electron chi connectivity index (χ2n) is 7.43. The predicted octanol–water partition coefficient (Wildman–Crippen LogP) is 5.74. The highest BCUT2D eigenvalue weighted by molar-refractivity contribution is 8.00. The summed E-state index contributed by atoms with van der Waals surface area (Å²) in [6.07, 6.45) is 0. The van der Waals surface area contributed by atoms with Crippen LogP contribution >= 0.6 is 23.1 Å². The Balaban J connectivity index is 1.36. The standard InChI is InChI=1S/C25H23N3O4S3/c1-17(24(29)27-25-26-22(16-33-25)21-10-6-7-11-23(21)32-2)34-19-14-12-18(13-15-19)28-35(30,31)20-8-4-3-5-9-20/h3-17,28H,1-2H3,(H,26,27,29). The van der Waals surface area contributed by atoms with Gasteiger partial charge in [-0.05, 0) is 55.5 Å². The zero-order valence-corrected chi connectivity index (χ0v) is 21.4. The van der Waals surface area contributed by atoms with Gasteiger partial charge in [-0.15, -0.1) is 23.1 Å². The number of amides is 1. The van der Waals surface area contributed by atoms with Crippen LogP contribution in [0.5, 0.6) is 5.75 Å². The molecule has 180 valence electrons. The van der Waals surface area contributed by atoms with Crippen molar-refractivity contribution in [3.63, 3.8) is 0 Å². The Hall–Kier alpha value is -3.34. The first-order valence-electron chi connectivity index (χ1n) is 10.6. The lowest BCUT2D eigenvalue weighted by atomic mass is 10.1. The van der Waals surface area contributed by atoms with E-state index in [1.54, 1.807) is 56.5 Å². The molecule has 0 saturated carbocycles. The maximum atomic E-state index is 12.7. The molecule has 4 aromatic rings. The Morgan fingerprint density at radius 1 is 1.00 bits per heavy atom. The van der Waals surface area contributed by atoms with Crippen molar-refractivity contribution in [3.05, 3.63) is 84.2 Å². The number of rotatable bonds is 9. The summed E-state index contributed by atoms with van der Waals surface area (Å²) >= 11 is 2.72. The summed E-state index contributed by atoms with van der Waals surface area (Å²) in [5, 5.41) is 4.86. The molecule has 4 rings (SSSR count). The molecule has 7 nitrogen and oxygen atoms in total. The smallest absolute Gasteiger partial charge is 0.261 e. The fourth-order valence-corrected chi connectivity index (χ4v) is 5.85. The highest BCUT2D eigenvalue weighted by Crippen LogP contribution is 2.32. The van der Waals surface area contributed by atoms with Crippen molar-refractivity contribution in [2.75, 3.05) is 17.1 Å². The number of thioether (sulfide) groups is 1. The molecule has 0 saturated heterocycles. The molecule has 2 N–H and O–H groups in total. The molecular weight excluding hydrogens is 502 g/mol. The van der Waals surface area contributed by atoms with Crippen molar-refractivity contribution in [2.45, 2.75) is 22.0 Å². The van der Waals surface area contributed by atoms with Crippen molar-refractivity contribution in [1.29, 1.82) is 0 Å². The topological polar surface area (TPSA) is 97.4 Å². The van der Waals surface area contributed by atoms with E-state index in [9.17, 15) is 13.2 Å². The number of thiazole rings is 1. The van der Waals surface area contributed by atoms with Crippen LogP contribution in [0.2, 0.25) is 0 Å². The van der Waals surface area contributed by atoms with Gasteiger partial charge in [-0.25, -0.2) is 13.4 Å². The first-order valence-corrected chi connectivity index (χ1v) is 13.8. The maximum absolute atomic E-state index is 12.7. The average molecular weight is 526 g/mol. The van der Waals surface area contributed by atoms with E-state index in [1.165, 1.54) is 35.2 Å². The lowest BCUT2D eigenvalue weighted by Gasteiger charge is -2.12. The Kier molecular flexibility index (Phi) is 7.74. The maximum Gasteiger partial charge on any atom is 0.261 e. The van der Waals surface area contributed by atoms with Gasteiger partial charge >= 0.3 is 0 Å². The van der Waals surface area contributed by atoms with E-state index in [0.717, 1.165) is 16.2 Å². The Labute approximate surface area is 212 Å². The fourth-order valence-electron chi connectivity index (χ4n) is 3.19. The molecule has 1 unspecified atom stereocenters. The molecule has 0 radical (unpaired) electrons. The lowest BCUT2D eigenvalue weighted by Crippen LogP contribution is -2.22. The van der Waals surface area contributed by atoms with Crippen molar-refractivity contribution < 1.29 is 17.9 Å². The molecule has 0 aliphatic carbocycles. The van der Waals surface area contributed by atoms with Gasteiger partial charge in [0.25, 0.3) is 10.0 Å². The summed E-state index contributed by atoms with van der Waals surface area (Å²) in [6.45, 7) is 1.81. The summed E-state index contributed by atoms with van der Waals surface area (Å²) < 4.78 is 32.9.